The van der Waals surface area contributed by atoms with Crippen LogP contribution in [0.25, 0.3) is 0 Å². The third-order valence-electron chi connectivity index (χ3n) is 5.44. The standard InChI is InChI=1S/C21H25N3O3S/c1-28(26,27)24-14-11-16-15-17(9-10-19(16)24)21(25)22-18-7-3-4-8-20(18)23-12-5-2-6-13-23/h3-4,7-10,15H,2,5-6,11-14H2,1H3,(H,22,25). The largest absolute Gasteiger partial charge is 0.370 e. The summed E-state index contributed by atoms with van der Waals surface area (Å²) in [6.07, 6.45) is 5.42. The highest BCUT2D eigenvalue weighted by molar-refractivity contribution is 7.92. The first-order chi connectivity index (χ1) is 13.4. The van der Waals surface area contributed by atoms with Crippen molar-refractivity contribution in [1.29, 1.82) is 0 Å². The van der Waals surface area contributed by atoms with Gasteiger partial charge in [-0.3, -0.25) is 9.10 Å². The molecule has 0 saturated carbocycles. The number of hydrogen-bond acceptors (Lipinski definition) is 4. The molecule has 1 N–H and O–H groups in total. The molecule has 6 nitrogen and oxygen atoms in total. The molecular weight excluding hydrogens is 374 g/mol. The number of sulfonamides is 1. The van der Waals surface area contributed by atoms with Crippen LogP contribution in [0.4, 0.5) is 17.1 Å². The summed E-state index contributed by atoms with van der Waals surface area (Å²) in [5, 5.41) is 3.04. The molecule has 4 rings (SSSR count). The molecule has 1 saturated heterocycles. The van der Waals surface area contributed by atoms with Crippen molar-refractivity contribution in [3.8, 4) is 0 Å². The maximum Gasteiger partial charge on any atom is 0.255 e. The Morgan fingerprint density at radius 2 is 1.71 bits per heavy atom. The molecule has 1 amide bonds. The predicted molar refractivity (Wildman–Crippen MR) is 113 cm³/mol. The van der Waals surface area contributed by atoms with Crippen molar-refractivity contribution in [3.05, 3.63) is 53.6 Å². The molecule has 2 aliphatic heterocycles. The molecule has 28 heavy (non-hydrogen) atoms. The first kappa shape index (κ1) is 18.8. The molecule has 0 unspecified atom stereocenters. The lowest BCUT2D eigenvalue weighted by atomic mass is 10.1. The van der Waals surface area contributed by atoms with Crippen LogP contribution in [0.1, 0.15) is 35.2 Å². The molecule has 0 atom stereocenters. The van der Waals surface area contributed by atoms with E-state index in [0.717, 1.165) is 30.0 Å². The van der Waals surface area contributed by atoms with E-state index in [1.54, 1.807) is 18.2 Å². The molecule has 2 aromatic rings. The lowest BCUT2D eigenvalue weighted by molar-refractivity contribution is 0.102. The number of para-hydroxylation sites is 2. The molecule has 0 bridgehead atoms. The van der Waals surface area contributed by atoms with Gasteiger partial charge in [0.1, 0.15) is 0 Å². The zero-order valence-electron chi connectivity index (χ0n) is 16.0. The lowest BCUT2D eigenvalue weighted by Gasteiger charge is -2.30. The SMILES string of the molecule is CS(=O)(=O)N1CCc2cc(C(=O)Nc3ccccc3N3CCCCC3)ccc21. The summed E-state index contributed by atoms with van der Waals surface area (Å²) in [7, 11) is -3.29. The second-order valence-electron chi connectivity index (χ2n) is 7.45. The monoisotopic (exact) mass is 399 g/mol. The Bertz CT molecular complexity index is 998. The summed E-state index contributed by atoms with van der Waals surface area (Å²) in [6.45, 7) is 2.44. The number of nitrogens with one attached hydrogen (secondary N) is 1. The van der Waals surface area contributed by atoms with Crippen LogP contribution in [-0.4, -0.2) is 40.2 Å². The number of rotatable bonds is 4. The maximum atomic E-state index is 12.9. The maximum absolute atomic E-state index is 12.9. The second-order valence-corrected chi connectivity index (χ2v) is 9.35. The molecule has 7 heteroatoms. The summed E-state index contributed by atoms with van der Waals surface area (Å²) in [6, 6.07) is 13.1. The van der Waals surface area contributed by atoms with E-state index in [1.807, 2.05) is 24.3 Å². The van der Waals surface area contributed by atoms with E-state index in [9.17, 15) is 13.2 Å². The Kier molecular flexibility index (Phi) is 5.02. The average molecular weight is 400 g/mol. The van der Waals surface area contributed by atoms with Gasteiger partial charge in [0, 0.05) is 25.2 Å². The van der Waals surface area contributed by atoms with Crippen LogP contribution in [0.3, 0.4) is 0 Å². The summed E-state index contributed by atoms with van der Waals surface area (Å²) >= 11 is 0. The molecule has 2 aromatic carbocycles. The molecule has 2 aliphatic rings. The molecule has 0 spiro atoms. The van der Waals surface area contributed by atoms with Crippen molar-refractivity contribution in [2.24, 2.45) is 0 Å². The summed E-state index contributed by atoms with van der Waals surface area (Å²) in [5.74, 6) is -0.176. The van der Waals surface area contributed by atoms with Crippen LogP contribution < -0.4 is 14.5 Å². The number of benzene rings is 2. The van der Waals surface area contributed by atoms with Crippen molar-refractivity contribution >= 4 is 33.0 Å². The van der Waals surface area contributed by atoms with E-state index in [0.29, 0.717) is 24.2 Å². The minimum atomic E-state index is -3.29. The fourth-order valence-electron chi connectivity index (χ4n) is 4.04. The zero-order valence-corrected chi connectivity index (χ0v) is 16.8. The van der Waals surface area contributed by atoms with Gasteiger partial charge in [-0.15, -0.1) is 0 Å². The summed E-state index contributed by atoms with van der Waals surface area (Å²) < 4.78 is 25.2. The van der Waals surface area contributed by atoms with Crippen molar-refractivity contribution in [2.75, 3.05) is 40.4 Å². The second kappa shape index (κ2) is 7.47. The number of nitrogens with zero attached hydrogens (tertiary/aromatic N) is 2. The van der Waals surface area contributed by atoms with Crippen molar-refractivity contribution in [2.45, 2.75) is 25.7 Å². The van der Waals surface area contributed by atoms with Gasteiger partial charge in [0.15, 0.2) is 0 Å². The molecular formula is C21H25N3O3S. The number of carbonyl (C=O) groups is 1. The Morgan fingerprint density at radius 3 is 2.46 bits per heavy atom. The summed E-state index contributed by atoms with van der Waals surface area (Å²) in [4.78, 5) is 15.2. The number of piperidine rings is 1. The molecule has 0 aliphatic carbocycles. The van der Waals surface area contributed by atoms with E-state index in [1.165, 1.54) is 29.8 Å². The zero-order chi connectivity index (χ0) is 19.7. The van der Waals surface area contributed by atoms with Crippen molar-refractivity contribution < 1.29 is 13.2 Å². The smallest absolute Gasteiger partial charge is 0.255 e. The van der Waals surface area contributed by atoms with Gasteiger partial charge >= 0.3 is 0 Å². The fraction of sp³-hybridized carbons (Fsp3) is 0.381. The van der Waals surface area contributed by atoms with Gasteiger partial charge in [0.2, 0.25) is 10.0 Å². The Balaban J connectivity index is 1.56. The molecule has 1 fully saturated rings. The number of anilines is 3. The van der Waals surface area contributed by atoms with Crippen LogP contribution in [0, 0.1) is 0 Å². The van der Waals surface area contributed by atoms with Gasteiger partial charge in [-0.2, -0.15) is 0 Å². The van der Waals surface area contributed by atoms with Crippen molar-refractivity contribution in [3.63, 3.8) is 0 Å². The number of amides is 1. The normalized spacial score (nSPS) is 16.8. The minimum Gasteiger partial charge on any atom is -0.370 e. The molecule has 2 heterocycles. The third kappa shape index (κ3) is 3.71. The topological polar surface area (TPSA) is 69.7 Å². The highest BCUT2D eigenvalue weighted by atomic mass is 32.2. The van der Waals surface area contributed by atoms with Gasteiger partial charge in [0.05, 0.1) is 23.3 Å². The van der Waals surface area contributed by atoms with E-state index in [-0.39, 0.29) is 5.91 Å². The highest BCUT2D eigenvalue weighted by Gasteiger charge is 2.27. The average Bonchev–Trinajstić information content (AvgIpc) is 3.13. The summed E-state index contributed by atoms with van der Waals surface area (Å²) in [5.41, 5.74) is 3.98. The van der Waals surface area contributed by atoms with Gasteiger partial charge in [-0.05, 0) is 61.6 Å². The number of fused-ring (bicyclic) bond motifs is 1. The van der Waals surface area contributed by atoms with Gasteiger partial charge in [-0.1, -0.05) is 12.1 Å². The molecule has 0 radical (unpaired) electrons. The number of hydrogen-bond donors (Lipinski definition) is 1. The highest BCUT2D eigenvalue weighted by Crippen LogP contribution is 2.32. The van der Waals surface area contributed by atoms with Crippen LogP contribution in [0.15, 0.2) is 42.5 Å². The Morgan fingerprint density at radius 1 is 0.964 bits per heavy atom. The predicted octanol–water partition coefficient (Wildman–Crippen LogP) is 3.25. The first-order valence-electron chi connectivity index (χ1n) is 9.69. The van der Waals surface area contributed by atoms with Crippen LogP contribution in [0.2, 0.25) is 0 Å². The minimum absolute atomic E-state index is 0.176. The fourth-order valence-corrected chi connectivity index (χ4v) is 5.00. The quantitative estimate of drug-likeness (QED) is 0.857. The van der Waals surface area contributed by atoms with Gasteiger partial charge in [-0.25, -0.2) is 8.42 Å². The van der Waals surface area contributed by atoms with Gasteiger partial charge < -0.3 is 10.2 Å². The van der Waals surface area contributed by atoms with Crippen molar-refractivity contribution in [1.82, 2.24) is 0 Å². The Labute approximate surface area is 166 Å². The van der Waals surface area contributed by atoms with E-state index in [2.05, 4.69) is 10.2 Å². The van der Waals surface area contributed by atoms with Gasteiger partial charge in [0.25, 0.3) is 5.91 Å². The van der Waals surface area contributed by atoms with Crippen LogP contribution >= 0.6 is 0 Å². The molecule has 148 valence electrons. The van der Waals surface area contributed by atoms with E-state index >= 15 is 0 Å². The van der Waals surface area contributed by atoms with E-state index < -0.39 is 10.0 Å². The van der Waals surface area contributed by atoms with Crippen LogP contribution in [0.5, 0.6) is 0 Å². The molecule has 0 aromatic heterocycles. The first-order valence-corrected chi connectivity index (χ1v) is 11.5. The lowest BCUT2D eigenvalue weighted by Crippen LogP contribution is -2.30. The number of carbonyl (C=O) groups excluding carboxylic acids is 1. The Hall–Kier alpha value is -2.54. The van der Waals surface area contributed by atoms with Crippen LogP contribution in [-0.2, 0) is 16.4 Å². The van der Waals surface area contributed by atoms with E-state index in [4.69, 9.17) is 0 Å². The third-order valence-corrected chi connectivity index (χ3v) is 6.62.